The van der Waals surface area contributed by atoms with Crippen LogP contribution < -0.4 is 4.74 Å². The molecular formula is C45H45FO8. The highest BCUT2D eigenvalue weighted by Gasteiger charge is 2.69. The highest BCUT2D eigenvalue weighted by molar-refractivity contribution is 5.37. The molecule has 9 heteroatoms. The third-order valence-corrected chi connectivity index (χ3v) is 10.4. The monoisotopic (exact) mass is 732 g/mol. The first-order valence-electron chi connectivity index (χ1n) is 18.6. The minimum Gasteiger partial charge on any atom is -0.488 e. The number of benzene rings is 5. The van der Waals surface area contributed by atoms with E-state index in [1.807, 2.05) is 115 Å². The maximum Gasteiger partial charge on any atom is 0.225 e. The van der Waals surface area contributed by atoms with E-state index in [4.69, 9.17) is 33.2 Å². The van der Waals surface area contributed by atoms with Crippen LogP contribution in [0.2, 0.25) is 0 Å². The second kappa shape index (κ2) is 16.5. The lowest BCUT2D eigenvalue weighted by Crippen LogP contribution is -2.67. The van der Waals surface area contributed by atoms with Gasteiger partial charge in [0.25, 0.3) is 0 Å². The lowest BCUT2D eigenvalue weighted by atomic mass is 9.82. The second-order valence-corrected chi connectivity index (χ2v) is 14.2. The van der Waals surface area contributed by atoms with Crippen LogP contribution in [0, 0.1) is 5.82 Å². The fourth-order valence-corrected chi connectivity index (χ4v) is 7.56. The lowest BCUT2D eigenvalue weighted by Gasteiger charge is -2.50. The number of aliphatic hydroxyl groups excluding tert-OH is 1. The molecule has 0 amide bonds. The first kappa shape index (κ1) is 36.5. The number of ether oxygens (including phenoxy) is 7. The standard InChI is InChI=1S/C45H45FO8/c46-40-21-18-37(25-36(40)24-32-16-19-38(20-17-32)53-39-22-23-48-29-39)45-43(51-28-35-14-8-3-9-15-35)41(49-26-33-10-4-1-5-11-33)42(44(30-47,54-45)31-52-45)50-27-34-12-6-2-7-13-34/h1-21,25,39,41-43,47H,22-24,26-31H2/t39?,41-,42-,43?,44?,45?/m0/s1. The minimum atomic E-state index is -1.56. The number of fused-ring (bicyclic) bond motifs is 2. The molecule has 4 unspecified atom stereocenters. The van der Waals surface area contributed by atoms with Crippen LogP contribution in [0.15, 0.2) is 133 Å². The topological polar surface area (TPSA) is 84.8 Å². The van der Waals surface area contributed by atoms with Crippen molar-refractivity contribution in [2.24, 2.45) is 0 Å². The second-order valence-electron chi connectivity index (χ2n) is 14.2. The average Bonchev–Trinajstić information content (AvgIpc) is 3.87. The largest absolute Gasteiger partial charge is 0.488 e. The maximum absolute atomic E-state index is 15.7. The molecule has 0 saturated carbocycles. The number of hydrogen-bond acceptors (Lipinski definition) is 8. The van der Waals surface area contributed by atoms with Crippen LogP contribution in [0.3, 0.4) is 0 Å². The van der Waals surface area contributed by atoms with E-state index in [9.17, 15) is 5.11 Å². The Balaban J connectivity index is 1.15. The van der Waals surface area contributed by atoms with E-state index in [0.717, 1.165) is 34.4 Å². The van der Waals surface area contributed by atoms with Crippen molar-refractivity contribution in [3.8, 4) is 5.75 Å². The summed E-state index contributed by atoms with van der Waals surface area (Å²) in [4.78, 5) is 0. The Morgan fingerprint density at radius 2 is 1.30 bits per heavy atom. The molecule has 0 aromatic heterocycles. The smallest absolute Gasteiger partial charge is 0.225 e. The zero-order chi connectivity index (χ0) is 36.8. The molecule has 280 valence electrons. The summed E-state index contributed by atoms with van der Waals surface area (Å²) in [7, 11) is 0. The zero-order valence-corrected chi connectivity index (χ0v) is 30.1. The molecule has 5 aromatic rings. The van der Waals surface area contributed by atoms with E-state index in [-0.39, 0.29) is 38.3 Å². The summed E-state index contributed by atoms with van der Waals surface area (Å²) in [6.07, 6.45) is -1.24. The van der Waals surface area contributed by atoms with E-state index >= 15 is 4.39 Å². The van der Waals surface area contributed by atoms with Crippen molar-refractivity contribution in [2.75, 3.05) is 26.4 Å². The van der Waals surface area contributed by atoms with Gasteiger partial charge in [-0.2, -0.15) is 0 Å². The first-order valence-corrected chi connectivity index (χ1v) is 18.6. The Morgan fingerprint density at radius 1 is 0.685 bits per heavy atom. The van der Waals surface area contributed by atoms with Crippen molar-refractivity contribution in [3.63, 3.8) is 0 Å². The van der Waals surface area contributed by atoms with Crippen molar-refractivity contribution in [2.45, 2.75) is 68.5 Å². The fraction of sp³-hybridized carbons (Fsp3) is 0.333. The van der Waals surface area contributed by atoms with Gasteiger partial charge in [-0.15, -0.1) is 0 Å². The molecule has 8 nitrogen and oxygen atoms in total. The summed E-state index contributed by atoms with van der Waals surface area (Å²) in [5.74, 6) is -1.17. The normalized spacial score (nSPS) is 26.2. The number of hydrogen-bond donors (Lipinski definition) is 1. The van der Waals surface area contributed by atoms with Crippen molar-refractivity contribution < 1.29 is 42.7 Å². The van der Waals surface area contributed by atoms with Crippen LogP contribution >= 0.6 is 0 Å². The molecule has 3 aliphatic rings. The summed E-state index contributed by atoms with van der Waals surface area (Å²) in [6, 6.07) is 42.2. The Labute approximate surface area is 315 Å². The highest BCUT2D eigenvalue weighted by Crippen LogP contribution is 2.53. The molecule has 0 aliphatic carbocycles. The summed E-state index contributed by atoms with van der Waals surface area (Å²) in [5.41, 5.74) is 3.49. The highest BCUT2D eigenvalue weighted by atomic mass is 19.1. The average molecular weight is 733 g/mol. The molecule has 3 aliphatic heterocycles. The fourth-order valence-electron chi connectivity index (χ4n) is 7.56. The van der Waals surface area contributed by atoms with Crippen LogP contribution in [0.4, 0.5) is 4.39 Å². The van der Waals surface area contributed by atoms with Crippen LogP contribution in [0.25, 0.3) is 0 Å². The SMILES string of the molecule is OCC12COC(c3ccc(F)c(Cc4ccc(OC5CCOC5)cc4)c3)(O1)C(OCc1ccccc1)[C@@H](OCc1ccccc1)[C@@H]2OCc1ccccc1. The molecule has 2 bridgehead atoms. The van der Waals surface area contributed by atoms with E-state index in [1.54, 1.807) is 12.1 Å². The molecule has 3 heterocycles. The van der Waals surface area contributed by atoms with Gasteiger partial charge in [-0.25, -0.2) is 4.39 Å². The van der Waals surface area contributed by atoms with Gasteiger partial charge in [0, 0.05) is 18.4 Å². The molecule has 0 spiro atoms. The molecular weight excluding hydrogens is 687 g/mol. The quantitative estimate of drug-likeness (QED) is 0.120. The van der Waals surface area contributed by atoms with Crippen LogP contribution in [0.5, 0.6) is 5.75 Å². The Bertz CT molecular complexity index is 1940. The van der Waals surface area contributed by atoms with Gasteiger partial charge in [0.05, 0.1) is 46.2 Å². The van der Waals surface area contributed by atoms with Crippen molar-refractivity contribution in [3.05, 3.63) is 173 Å². The molecule has 54 heavy (non-hydrogen) atoms. The van der Waals surface area contributed by atoms with Crippen molar-refractivity contribution >= 4 is 0 Å². The summed E-state index contributed by atoms with van der Waals surface area (Å²) < 4.78 is 61.2. The van der Waals surface area contributed by atoms with E-state index in [1.165, 1.54) is 6.07 Å². The number of rotatable bonds is 15. The van der Waals surface area contributed by atoms with Crippen LogP contribution in [-0.4, -0.2) is 61.6 Å². The van der Waals surface area contributed by atoms with Gasteiger partial charge in [-0.05, 0) is 52.1 Å². The van der Waals surface area contributed by atoms with Gasteiger partial charge in [0.1, 0.15) is 41.6 Å². The maximum atomic E-state index is 15.7. The molecule has 5 aromatic carbocycles. The van der Waals surface area contributed by atoms with Gasteiger partial charge < -0.3 is 38.3 Å². The third kappa shape index (κ3) is 7.85. The van der Waals surface area contributed by atoms with Gasteiger partial charge in [0.15, 0.2) is 0 Å². The summed E-state index contributed by atoms with van der Waals surface area (Å²) >= 11 is 0. The molecule has 0 radical (unpaired) electrons. The van der Waals surface area contributed by atoms with Gasteiger partial charge in [0.2, 0.25) is 5.79 Å². The molecule has 1 N–H and O–H groups in total. The van der Waals surface area contributed by atoms with E-state index < -0.39 is 36.3 Å². The van der Waals surface area contributed by atoms with Crippen molar-refractivity contribution in [1.29, 1.82) is 0 Å². The van der Waals surface area contributed by atoms with Crippen molar-refractivity contribution in [1.82, 2.24) is 0 Å². The predicted molar refractivity (Wildman–Crippen MR) is 199 cm³/mol. The zero-order valence-electron chi connectivity index (χ0n) is 30.1. The van der Waals surface area contributed by atoms with Crippen LogP contribution in [-0.2, 0) is 60.4 Å². The van der Waals surface area contributed by atoms with Crippen LogP contribution in [0.1, 0.15) is 39.8 Å². The number of aliphatic hydroxyl groups is 1. The third-order valence-electron chi connectivity index (χ3n) is 10.4. The van der Waals surface area contributed by atoms with Gasteiger partial charge in [-0.1, -0.05) is 109 Å². The molecule has 3 fully saturated rings. The predicted octanol–water partition coefficient (Wildman–Crippen LogP) is 7.28. The van der Waals surface area contributed by atoms with E-state index in [2.05, 4.69) is 0 Å². The molecule has 3 saturated heterocycles. The first-order chi connectivity index (χ1) is 26.5. The molecule has 8 rings (SSSR count). The lowest BCUT2D eigenvalue weighted by molar-refractivity contribution is -0.353. The Hall–Kier alpha value is -4.45. The number of halogens is 1. The minimum absolute atomic E-state index is 0.000440. The van der Waals surface area contributed by atoms with Gasteiger partial charge in [-0.3, -0.25) is 0 Å². The Kier molecular flexibility index (Phi) is 11.2. The Morgan fingerprint density at radius 3 is 1.89 bits per heavy atom. The summed E-state index contributed by atoms with van der Waals surface area (Å²) in [5, 5.41) is 11.1. The molecule has 6 atom stereocenters. The summed E-state index contributed by atoms with van der Waals surface area (Å²) in [6.45, 7) is 1.60. The van der Waals surface area contributed by atoms with Gasteiger partial charge >= 0.3 is 0 Å². The van der Waals surface area contributed by atoms with E-state index in [0.29, 0.717) is 30.8 Å².